The van der Waals surface area contributed by atoms with Gasteiger partial charge < -0.3 is 4.74 Å². The molecule has 5 heteroatoms. The standard InChI is InChI=1S/C18H21FN2O2/c1-12-8-9-20-16(10-12)21(17(22)23-18(3,4)5)14-7-6-13(2)15(19)11-14/h6-11H,1-5H3. The summed E-state index contributed by atoms with van der Waals surface area (Å²) in [5.74, 6) is 0.00575. The fourth-order valence-electron chi connectivity index (χ4n) is 2.00. The van der Waals surface area contributed by atoms with Crippen LogP contribution in [0.25, 0.3) is 0 Å². The number of aryl methyl sites for hydroxylation is 2. The predicted molar refractivity (Wildman–Crippen MR) is 88.5 cm³/mol. The lowest BCUT2D eigenvalue weighted by molar-refractivity contribution is 0.0598. The van der Waals surface area contributed by atoms with Crippen molar-refractivity contribution in [3.8, 4) is 0 Å². The Kier molecular flexibility index (Phi) is 4.68. The number of hydrogen-bond acceptors (Lipinski definition) is 3. The molecule has 1 aromatic heterocycles. The zero-order valence-electron chi connectivity index (χ0n) is 14.1. The summed E-state index contributed by atoms with van der Waals surface area (Å²) in [6.07, 6.45) is 1.01. The maximum Gasteiger partial charge on any atom is 0.420 e. The number of ether oxygens (including phenoxy) is 1. The monoisotopic (exact) mass is 316 g/mol. The van der Waals surface area contributed by atoms with Crippen molar-refractivity contribution >= 4 is 17.6 Å². The SMILES string of the molecule is Cc1ccnc(N(C(=O)OC(C)(C)C)c2ccc(C)c(F)c2)c1. The lowest BCUT2D eigenvalue weighted by Crippen LogP contribution is -2.34. The second kappa shape index (κ2) is 6.36. The lowest BCUT2D eigenvalue weighted by Gasteiger charge is -2.27. The Balaban J connectivity index is 2.50. The summed E-state index contributed by atoms with van der Waals surface area (Å²) in [5, 5.41) is 0. The Morgan fingerprint density at radius 3 is 2.43 bits per heavy atom. The number of halogens is 1. The van der Waals surface area contributed by atoms with Gasteiger partial charge in [0.15, 0.2) is 0 Å². The highest BCUT2D eigenvalue weighted by Gasteiger charge is 2.26. The van der Waals surface area contributed by atoms with Crippen molar-refractivity contribution in [2.45, 2.75) is 40.2 Å². The summed E-state index contributed by atoms with van der Waals surface area (Å²) in [5.41, 5.74) is 1.16. The number of rotatable bonds is 2. The molecule has 0 aliphatic carbocycles. The van der Waals surface area contributed by atoms with Gasteiger partial charge in [-0.3, -0.25) is 0 Å². The summed E-state index contributed by atoms with van der Waals surface area (Å²) in [4.78, 5) is 18.1. The second-order valence-electron chi connectivity index (χ2n) is 6.44. The molecule has 0 spiro atoms. The number of benzene rings is 1. The molecule has 0 fully saturated rings. The van der Waals surface area contributed by atoms with Crippen LogP contribution < -0.4 is 4.90 Å². The Bertz CT molecular complexity index is 723. The van der Waals surface area contributed by atoms with E-state index in [0.29, 0.717) is 17.1 Å². The van der Waals surface area contributed by atoms with Gasteiger partial charge in [0.1, 0.15) is 17.2 Å². The van der Waals surface area contributed by atoms with Crippen LogP contribution in [0.15, 0.2) is 36.5 Å². The van der Waals surface area contributed by atoms with E-state index in [-0.39, 0.29) is 5.82 Å². The van der Waals surface area contributed by atoms with E-state index in [1.54, 1.807) is 52.1 Å². The van der Waals surface area contributed by atoms with Crippen LogP contribution in [-0.2, 0) is 4.74 Å². The average molecular weight is 316 g/mol. The van der Waals surface area contributed by atoms with E-state index in [2.05, 4.69) is 4.98 Å². The summed E-state index contributed by atoms with van der Waals surface area (Å²) in [7, 11) is 0. The van der Waals surface area contributed by atoms with Crippen molar-refractivity contribution in [1.29, 1.82) is 0 Å². The van der Waals surface area contributed by atoms with Crippen LogP contribution in [0.2, 0.25) is 0 Å². The molecule has 0 unspecified atom stereocenters. The number of anilines is 2. The van der Waals surface area contributed by atoms with Crippen molar-refractivity contribution in [2.24, 2.45) is 0 Å². The molecule has 2 aromatic rings. The highest BCUT2D eigenvalue weighted by atomic mass is 19.1. The van der Waals surface area contributed by atoms with Gasteiger partial charge in [-0.2, -0.15) is 0 Å². The topological polar surface area (TPSA) is 42.4 Å². The van der Waals surface area contributed by atoms with Crippen LogP contribution in [0.4, 0.5) is 20.7 Å². The third kappa shape index (κ3) is 4.28. The first kappa shape index (κ1) is 16.9. The third-order valence-electron chi connectivity index (χ3n) is 3.12. The minimum Gasteiger partial charge on any atom is -0.443 e. The van der Waals surface area contributed by atoms with Gasteiger partial charge >= 0.3 is 6.09 Å². The van der Waals surface area contributed by atoms with Crippen molar-refractivity contribution in [3.63, 3.8) is 0 Å². The first-order valence-electron chi connectivity index (χ1n) is 7.39. The Morgan fingerprint density at radius 1 is 1.17 bits per heavy atom. The van der Waals surface area contributed by atoms with Crippen molar-refractivity contribution in [1.82, 2.24) is 4.98 Å². The Morgan fingerprint density at radius 2 is 1.87 bits per heavy atom. The molecule has 1 heterocycles. The molecular weight excluding hydrogens is 295 g/mol. The van der Waals surface area contributed by atoms with Gasteiger partial charge in [-0.1, -0.05) is 6.07 Å². The predicted octanol–water partition coefficient (Wildman–Crippen LogP) is 4.91. The van der Waals surface area contributed by atoms with Crippen LogP contribution in [-0.4, -0.2) is 16.7 Å². The van der Waals surface area contributed by atoms with Gasteiger partial charge in [-0.05, 0) is 70.0 Å². The van der Waals surface area contributed by atoms with Gasteiger partial charge in [0, 0.05) is 6.20 Å². The molecule has 4 nitrogen and oxygen atoms in total. The van der Waals surface area contributed by atoms with E-state index in [9.17, 15) is 9.18 Å². The Labute approximate surface area is 135 Å². The number of hydrogen-bond donors (Lipinski definition) is 0. The first-order chi connectivity index (χ1) is 10.7. The van der Waals surface area contributed by atoms with Crippen molar-refractivity contribution < 1.29 is 13.9 Å². The average Bonchev–Trinajstić information content (AvgIpc) is 2.41. The third-order valence-corrected chi connectivity index (χ3v) is 3.12. The maximum atomic E-state index is 13.9. The molecule has 23 heavy (non-hydrogen) atoms. The van der Waals surface area contributed by atoms with Crippen molar-refractivity contribution in [2.75, 3.05) is 4.90 Å². The first-order valence-corrected chi connectivity index (χ1v) is 7.39. The number of pyridine rings is 1. The number of aromatic nitrogens is 1. The van der Waals surface area contributed by atoms with E-state index in [1.807, 2.05) is 13.0 Å². The van der Waals surface area contributed by atoms with Crippen LogP contribution in [0.3, 0.4) is 0 Å². The van der Waals surface area contributed by atoms with Gasteiger partial charge in [0.2, 0.25) is 0 Å². The Hall–Kier alpha value is -2.43. The molecule has 0 saturated heterocycles. The normalized spacial score (nSPS) is 11.2. The number of amides is 1. The van der Waals surface area contributed by atoms with E-state index < -0.39 is 11.7 Å². The molecule has 0 bridgehead atoms. The summed E-state index contributed by atoms with van der Waals surface area (Å²) >= 11 is 0. The van der Waals surface area contributed by atoms with E-state index in [1.165, 1.54) is 11.0 Å². The van der Waals surface area contributed by atoms with Crippen LogP contribution in [0.5, 0.6) is 0 Å². The maximum absolute atomic E-state index is 13.9. The van der Waals surface area contributed by atoms with Crippen LogP contribution >= 0.6 is 0 Å². The number of carbonyl (C=O) groups is 1. The molecule has 122 valence electrons. The molecule has 0 saturated carbocycles. The molecule has 2 rings (SSSR count). The van der Waals surface area contributed by atoms with E-state index >= 15 is 0 Å². The highest BCUT2D eigenvalue weighted by molar-refractivity contribution is 5.95. The number of carbonyl (C=O) groups excluding carboxylic acids is 1. The molecule has 1 amide bonds. The summed E-state index contributed by atoms with van der Waals surface area (Å²) < 4.78 is 19.4. The second-order valence-corrected chi connectivity index (χ2v) is 6.44. The van der Waals surface area contributed by atoms with E-state index in [0.717, 1.165) is 5.56 Å². The van der Waals surface area contributed by atoms with Gasteiger partial charge in [-0.25, -0.2) is 19.1 Å². The fraction of sp³-hybridized carbons (Fsp3) is 0.333. The smallest absolute Gasteiger partial charge is 0.420 e. The van der Waals surface area contributed by atoms with Gasteiger partial charge in [-0.15, -0.1) is 0 Å². The number of nitrogens with zero attached hydrogens (tertiary/aromatic N) is 2. The minimum atomic E-state index is -0.664. The highest BCUT2D eigenvalue weighted by Crippen LogP contribution is 2.28. The quantitative estimate of drug-likeness (QED) is 0.790. The summed E-state index contributed by atoms with van der Waals surface area (Å²) in [6, 6.07) is 8.18. The zero-order chi connectivity index (χ0) is 17.2. The summed E-state index contributed by atoms with van der Waals surface area (Å²) in [6.45, 7) is 8.91. The zero-order valence-corrected chi connectivity index (χ0v) is 14.1. The molecule has 0 radical (unpaired) electrons. The van der Waals surface area contributed by atoms with Gasteiger partial charge in [0.05, 0.1) is 5.69 Å². The lowest BCUT2D eigenvalue weighted by atomic mass is 10.2. The molecular formula is C18H21FN2O2. The molecule has 0 atom stereocenters. The van der Waals surface area contributed by atoms with E-state index in [4.69, 9.17) is 4.74 Å². The molecule has 0 aliphatic rings. The molecule has 0 N–H and O–H groups in total. The fourth-order valence-corrected chi connectivity index (χ4v) is 2.00. The van der Waals surface area contributed by atoms with Crippen LogP contribution in [0.1, 0.15) is 31.9 Å². The van der Waals surface area contributed by atoms with Gasteiger partial charge in [0.25, 0.3) is 0 Å². The molecule has 0 aliphatic heterocycles. The molecule has 1 aromatic carbocycles. The van der Waals surface area contributed by atoms with Crippen LogP contribution in [0, 0.1) is 19.7 Å². The largest absolute Gasteiger partial charge is 0.443 e. The van der Waals surface area contributed by atoms with Crippen molar-refractivity contribution in [3.05, 3.63) is 53.5 Å². The minimum absolute atomic E-state index is 0.375.